The average Bonchev–Trinajstić information content (AvgIpc) is 3.07. The van der Waals surface area contributed by atoms with Crippen molar-refractivity contribution in [1.82, 2.24) is 10.6 Å². The second-order valence-corrected chi connectivity index (χ2v) is 9.13. The normalized spacial score (nSPS) is 27.4. The van der Waals surface area contributed by atoms with Crippen LogP contribution in [0.4, 0.5) is 13.2 Å². The first-order chi connectivity index (χ1) is 15.3. The van der Waals surface area contributed by atoms with Crippen LogP contribution in [0.1, 0.15) is 51.9 Å². The number of hydrogen-bond acceptors (Lipinski definition) is 3. The molecule has 0 fully saturated rings. The van der Waals surface area contributed by atoms with Crippen molar-refractivity contribution in [3.8, 4) is 0 Å². The van der Waals surface area contributed by atoms with Gasteiger partial charge in [0.1, 0.15) is 6.54 Å². The second kappa shape index (κ2) is 10.8. The fourth-order valence-corrected chi connectivity index (χ4v) is 5.35. The lowest BCUT2D eigenvalue weighted by atomic mass is 9.66. The number of fused-ring (bicyclic) bond motifs is 2. The fourth-order valence-electron chi connectivity index (χ4n) is 5.35. The number of hydrogen-bond donors (Lipinski definition) is 3. The number of amides is 1. The largest absolute Gasteiger partial charge is 0.405 e. The van der Waals surface area contributed by atoms with Crippen LogP contribution in [-0.2, 0) is 4.79 Å². The number of unbranched alkanes of at least 4 members (excludes halogenated alkanes) is 1. The summed E-state index contributed by atoms with van der Waals surface area (Å²) < 4.78 is 38.8. The van der Waals surface area contributed by atoms with Gasteiger partial charge in [0.2, 0.25) is 5.91 Å². The standard InChI is InChI=1S/C25H36F3N3O/c1-2-18(29)13-16-30-15-8-7-14-24(23(32)31-17-25(26,27)28)21-11-5-3-9-19(21)20-10-4-6-12-22(20)24/h3,5-6,9,11-12,18-19,21,30H,2,4,7-8,10,13-17,29H2,1H3,(H,31,32). The lowest BCUT2D eigenvalue weighted by Gasteiger charge is -2.37. The Balaban J connectivity index is 1.73. The Morgan fingerprint density at radius 2 is 2.03 bits per heavy atom. The number of halogens is 3. The van der Waals surface area contributed by atoms with Crippen molar-refractivity contribution in [3.63, 3.8) is 0 Å². The minimum Gasteiger partial charge on any atom is -0.346 e. The fraction of sp³-hybridized carbons (Fsp3) is 0.640. The molecule has 3 aliphatic rings. The van der Waals surface area contributed by atoms with Gasteiger partial charge in [-0.1, -0.05) is 55.4 Å². The molecule has 0 heterocycles. The quantitative estimate of drug-likeness (QED) is 0.404. The molecular weight excluding hydrogens is 415 g/mol. The molecule has 0 saturated carbocycles. The molecule has 3 rings (SSSR count). The van der Waals surface area contributed by atoms with Gasteiger partial charge in [0.25, 0.3) is 0 Å². The van der Waals surface area contributed by atoms with Gasteiger partial charge in [-0.25, -0.2) is 0 Å². The summed E-state index contributed by atoms with van der Waals surface area (Å²) in [6.07, 6.45) is 13.4. The summed E-state index contributed by atoms with van der Waals surface area (Å²) in [5.74, 6) is -0.544. The average molecular weight is 452 g/mol. The van der Waals surface area contributed by atoms with Gasteiger partial charge in [-0.3, -0.25) is 4.79 Å². The van der Waals surface area contributed by atoms with Gasteiger partial charge in [0.05, 0.1) is 5.41 Å². The highest BCUT2D eigenvalue weighted by atomic mass is 19.4. The van der Waals surface area contributed by atoms with Crippen LogP contribution in [0.5, 0.6) is 0 Å². The predicted octanol–water partition coefficient (Wildman–Crippen LogP) is 4.56. The van der Waals surface area contributed by atoms with Crippen molar-refractivity contribution in [2.45, 2.75) is 64.1 Å². The van der Waals surface area contributed by atoms with E-state index in [9.17, 15) is 18.0 Å². The van der Waals surface area contributed by atoms with E-state index in [1.165, 1.54) is 5.57 Å². The molecule has 0 aromatic carbocycles. The molecule has 7 heteroatoms. The molecule has 0 radical (unpaired) electrons. The van der Waals surface area contributed by atoms with Crippen LogP contribution in [0.15, 0.2) is 47.6 Å². The smallest absolute Gasteiger partial charge is 0.346 e. The van der Waals surface area contributed by atoms with Gasteiger partial charge in [-0.05, 0) is 57.2 Å². The maximum absolute atomic E-state index is 13.4. The second-order valence-electron chi connectivity index (χ2n) is 9.13. The number of allylic oxidation sites excluding steroid dienone is 7. The zero-order valence-electron chi connectivity index (χ0n) is 18.9. The summed E-state index contributed by atoms with van der Waals surface area (Å²) in [6, 6.07) is 0.202. The van der Waals surface area contributed by atoms with Crippen molar-refractivity contribution in [2.24, 2.45) is 23.0 Å². The number of alkyl halides is 3. The maximum Gasteiger partial charge on any atom is 0.405 e. The molecule has 0 bridgehead atoms. The van der Waals surface area contributed by atoms with E-state index in [1.807, 2.05) is 30.4 Å². The zero-order chi connectivity index (χ0) is 23.2. The van der Waals surface area contributed by atoms with Crippen LogP contribution in [0.3, 0.4) is 0 Å². The zero-order valence-corrected chi connectivity index (χ0v) is 18.9. The van der Waals surface area contributed by atoms with Crippen molar-refractivity contribution >= 4 is 5.91 Å². The lowest BCUT2D eigenvalue weighted by molar-refractivity contribution is -0.144. The van der Waals surface area contributed by atoms with Gasteiger partial charge < -0.3 is 16.4 Å². The molecule has 4 nitrogen and oxygen atoms in total. The van der Waals surface area contributed by atoms with Crippen LogP contribution >= 0.6 is 0 Å². The van der Waals surface area contributed by atoms with Crippen molar-refractivity contribution in [1.29, 1.82) is 0 Å². The lowest BCUT2D eigenvalue weighted by Crippen LogP contribution is -2.48. The van der Waals surface area contributed by atoms with Crippen LogP contribution in [0.2, 0.25) is 0 Å². The molecule has 0 aromatic heterocycles. The van der Waals surface area contributed by atoms with Crippen molar-refractivity contribution in [2.75, 3.05) is 19.6 Å². The molecule has 4 unspecified atom stereocenters. The van der Waals surface area contributed by atoms with Gasteiger partial charge in [-0.2, -0.15) is 13.2 Å². The SMILES string of the molecule is CCC(N)CCNCCCCC1(C(=O)NCC(F)(F)F)C2=C(CCC=C2)C2C=CC=CC21. The Morgan fingerprint density at radius 1 is 1.25 bits per heavy atom. The molecule has 178 valence electrons. The highest BCUT2D eigenvalue weighted by Gasteiger charge is 2.56. The first-order valence-corrected chi connectivity index (χ1v) is 11.9. The summed E-state index contributed by atoms with van der Waals surface area (Å²) in [5, 5.41) is 5.63. The van der Waals surface area contributed by atoms with Gasteiger partial charge in [-0.15, -0.1) is 0 Å². The van der Waals surface area contributed by atoms with Gasteiger partial charge in [0.15, 0.2) is 0 Å². The van der Waals surface area contributed by atoms with E-state index in [-0.39, 0.29) is 17.9 Å². The van der Waals surface area contributed by atoms with Gasteiger partial charge >= 0.3 is 6.18 Å². The number of nitrogens with one attached hydrogen (secondary N) is 2. The number of rotatable bonds is 11. The molecule has 0 saturated heterocycles. The Kier molecular flexibility index (Phi) is 8.39. The summed E-state index contributed by atoms with van der Waals surface area (Å²) >= 11 is 0. The number of carbonyl (C=O) groups is 1. The third-order valence-electron chi connectivity index (χ3n) is 7.04. The van der Waals surface area contributed by atoms with E-state index < -0.39 is 24.0 Å². The maximum atomic E-state index is 13.4. The summed E-state index contributed by atoms with van der Waals surface area (Å²) in [6.45, 7) is 2.43. The molecule has 0 aromatic rings. The third-order valence-corrected chi connectivity index (χ3v) is 7.04. The third kappa shape index (κ3) is 5.54. The van der Waals surface area contributed by atoms with Gasteiger partial charge in [0, 0.05) is 17.9 Å². The van der Waals surface area contributed by atoms with Crippen LogP contribution in [0, 0.1) is 17.3 Å². The summed E-state index contributed by atoms with van der Waals surface area (Å²) in [7, 11) is 0. The minimum absolute atomic E-state index is 0.0882. The highest BCUT2D eigenvalue weighted by molar-refractivity contribution is 5.89. The minimum atomic E-state index is -4.43. The first kappa shape index (κ1) is 24.8. The molecule has 0 spiro atoms. The van der Waals surface area contributed by atoms with E-state index in [1.54, 1.807) is 0 Å². The Labute approximate surface area is 189 Å². The summed E-state index contributed by atoms with van der Waals surface area (Å²) in [4.78, 5) is 13.4. The molecule has 1 amide bonds. The highest BCUT2D eigenvalue weighted by Crippen LogP contribution is 2.58. The Bertz CT molecular complexity index is 784. The monoisotopic (exact) mass is 451 g/mol. The Morgan fingerprint density at radius 3 is 2.78 bits per heavy atom. The molecule has 4 atom stereocenters. The Hall–Kier alpha value is -1.86. The molecule has 0 aliphatic heterocycles. The van der Waals surface area contributed by atoms with E-state index in [4.69, 9.17) is 5.73 Å². The molecule has 3 aliphatic carbocycles. The summed E-state index contributed by atoms with van der Waals surface area (Å²) in [5.41, 5.74) is 7.15. The van der Waals surface area contributed by atoms with E-state index in [2.05, 4.69) is 23.6 Å². The van der Waals surface area contributed by atoms with Crippen molar-refractivity contribution in [3.05, 3.63) is 47.6 Å². The first-order valence-electron chi connectivity index (χ1n) is 11.9. The number of nitrogens with two attached hydrogens (primary N) is 1. The molecular formula is C25H36F3N3O. The van der Waals surface area contributed by atoms with E-state index in [0.717, 1.165) is 57.2 Å². The van der Waals surface area contributed by atoms with Crippen LogP contribution in [-0.4, -0.2) is 37.8 Å². The molecule has 4 N–H and O–H groups in total. The van der Waals surface area contributed by atoms with Crippen LogP contribution < -0.4 is 16.4 Å². The van der Waals surface area contributed by atoms with Crippen LogP contribution in [0.25, 0.3) is 0 Å². The van der Waals surface area contributed by atoms with E-state index >= 15 is 0 Å². The predicted molar refractivity (Wildman–Crippen MR) is 122 cm³/mol. The van der Waals surface area contributed by atoms with Crippen molar-refractivity contribution < 1.29 is 18.0 Å². The number of carbonyl (C=O) groups excluding carboxylic acids is 1. The molecule has 32 heavy (non-hydrogen) atoms. The van der Waals surface area contributed by atoms with E-state index in [0.29, 0.717) is 6.42 Å². The topological polar surface area (TPSA) is 67.1 Å².